The molecular formula is C20H36N2O2. The fraction of sp³-hybridized carbons (Fsp3) is 0.900. The largest absolute Gasteiger partial charge is 0.349 e. The van der Waals surface area contributed by atoms with Gasteiger partial charge in [-0.05, 0) is 51.9 Å². The molecule has 1 atom stereocenters. The highest BCUT2D eigenvalue weighted by Crippen LogP contribution is 2.38. The Morgan fingerprint density at radius 2 is 1.79 bits per heavy atom. The molecule has 4 heteroatoms. The number of nitrogens with zero attached hydrogens (tertiary/aromatic N) is 1. The predicted octanol–water partition coefficient (Wildman–Crippen LogP) is 3.89. The van der Waals surface area contributed by atoms with Gasteiger partial charge in [0.15, 0.2) is 0 Å². The molecule has 0 spiro atoms. The maximum absolute atomic E-state index is 13.2. The van der Waals surface area contributed by atoms with Gasteiger partial charge in [0, 0.05) is 18.5 Å². The highest BCUT2D eigenvalue weighted by molar-refractivity contribution is 5.92. The number of hydrogen-bond donors (Lipinski definition) is 1. The van der Waals surface area contributed by atoms with Crippen molar-refractivity contribution in [2.45, 2.75) is 97.1 Å². The molecule has 1 saturated heterocycles. The van der Waals surface area contributed by atoms with Gasteiger partial charge >= 0.3 is 0 Å². The summed E-state index contributed by atoms with van der Waals surface area (Å²) in [5.74, 6) is 1.25. The molecule has 2 rings (SSSR count). The molecular weight excluding hydrogens is 300 g/mol. The minimum atomic E-state index is -0.618. The van der Waals surface area contributed by atoms with Gasteiger partial charge in [0.05, 0.1) is 0 Å². The van der Waals surface area contributed by atoms with Gasteiger partial charge in [-0.15, -0.1) is 0 Å². The van der Waals surface area contributed by atoms with E-state index >= 15 is 0 Å². The Morgan fingerprint density at radius 1 is 1.21 bits per heavy atom. The van der Waals surface area contributed by atoms with Crippen LogP contribution < -0.4 is 5.32 Å². The van der Waals surface area contributed by atoms with Crippen LogP contribution in [0.1, 0.15) is 86.0 Å². The van der Waals surface area contributed by atoms with Gasteiger partial charge in [-0.3, -0.25) is 9.59 Å². The second-order valence-corrected chi connectivity index (χ2v) is 9.35. The van der Waals surface area contributed by atoms with Crippen molar-refractivity contribution in [2.75, 3.05) is 6.54 Å². The first-order valence-electron chi connectivity index (χ1n) is 9.77. The lowest BCUT2D eigenvalue weighted by Crippen LogP contribution is -2.62. The number of rotatable bonds is 4. The molecule has 138 valence electrons. The number of likely N-dealkylation sites (tertiary alicyclic amines) is 1. The van der Waals surface area contributed by atoms with E-state index in [1.54, 1.807) is 0 Å². The molecule has 2 aliphatic rings. The molecule has 2 fully saturated rings. The average Bonchev–Trinajstić information content (AvgIpc) is 2.67. The van der Waals surface area contributed by atoms with Crippen molar-refractivity contribution < 1.29 is 9.59 Å². The topological polar surface area (TPSA) is 49.4 Å². The van der Waals surface area contributed by atoms with E-state index in [4.69, 9.17) is 0 Å². The summed E-state index contributed by atoms with van der Waals surface area (Å²) >= 11 is 0. The molecule has 1 saturated carbocycles. The zero-order valence-electron chi connectivity index (χ0n) is 16.3. The Balaban J connectivity index is 2.25. The lowest BCUT2D eigenvalue weighted by molar-refractivity contribution is -0.146. The van der Waals surface area contributed by atoms with Gasteiger partial charge in [0.25, 0.3) is 0 Å². The first kappa shape index (κ1) is 19.3. The van der Waals surface area contributed by atoms with E-state index in [2.05, 4.69) is 19.2 Å². The predicted molar refractivity (Wildman–Crippen MR) is 97.6 cm³/mol. The molecule has 2 amide bonds. The molecule has 0 aromatic carbocycles. The molecule has 0 radical (unpaired) electrons. The lowest BCUT2D eigenvalue weighted by atomic mass is 9.86. The summed E-state index contributed by atoms with van der Waals surface area (Å²) in [6.07, 6.45) is 7.72. The summed E-state index contributed by atoms with van der Waals surface area (Å²) in [6, 6.07) is 0. The first-order chi connectivity index (χ1) is 11.1. The van der Waals surface area contributed by atoms with Gasteiger partial charge in [-0.25, -0.2) is 0 Å². The highest BCUT2D eigenvalue weighted by atomic mass is 16.2. The monoisotopic (exact) mass is 336 g/mol. The fourth-order valence-electron chi connectivity index (χ4n) is 4.41. The van der Waals surface area contributed by atoms with Crippen LogP contribution in [0.4, 0.5) is 0 Å². The van der Waals surface area contributed by atoms with Crippen molar-refractivity contribution in [1.29, 1.82) is 0 Å². The molecule has 0 aromatic heterocycles. The summed E-state index contributed by atoms with van der Waals surface area (Å²) in [7, 11) is 0. The quantitative estimate of drug-likeness (QED) is 0.792. The van der Waals surface area contributed by atoms with Gasteiger partial charge < -0.3 is 10.2 Å². The third kappa shape index (κ3) is 4.52. The van der Waals surface area contributed by atoms with E-state index in [0.717, 1.165) is 38.6 Å². The van der Waals surface area contributed by atoms with E-state index in [-0.39, 0.29) is 17.4 Å². The SMILES string of the molecule is CC(C)C[C@H]1CC(=O)N(C2(C(=O)NC(C)(C)C)CCCCCC2)C1. The maximum Gasteiger partial charge on any atom is 0.246 e. The van der Waals surface area contributed by atoms with Crippen molar-refractivity contribution in [3.05, 3.63) is 0 Å². The normalized spacial score (nSPS) is 25.0. The lowest BCUT2D eigenvalue weighted by Gasteiger charge is -2.42. The minimum Gasteiger partial charge on any atom is -0.349 e. The van der Waals surface area contributed by atoms with Crippen molar-refractivity contribution in [1.82, 2.24) is 10.2 Å². The van der Waals surface area contributed by atoms with E-state index in [1.165, 1.54) is 12.8 Å². The Morgan fingerprint density at radius 3 is 2.29 bits per heavy atom. The third-order valence-corrected chi connectivity index (χ3v) is 5.37. The Labute approximate surface area is 147 Å². The van der Waals surface area contributed by atoms with Crippen LogP contribution in [0.5, 0.6) is 0 Å². The van der Waals surface area contributed by atoms with Crippen molar-refractivity contribution in [3.8, 4) is 0 Å². The maximum atomic E-state index is 13.2. The molecule has 1 aliphatic carbocycles. The number of carbonyl (C=O) groups excluding carboxylic acids is 2. The molecule has 0 unspecified atom stereocenters. The second kappa shape index (κ2) is 7.45. The molecule has 0 aromatic rings. The molecule has 1 aliphatic heterocycles. The van der Waals surface area contributed by atoms with Crippen LogP contribution in [0, 0.1) is 11.8 Å². The molecule has 1 heterocycles. The standard InChI is InChI=1S/C20H36N2O2/c1-15(2)12-16-13-17(23)22(14-16)20(10-8-6-7-9-11-20)18(24)21-19(3,4)5/h15-16H,6-14H2,1-5H3,(H,21,24)/t16-/m0/s1. The Bertz CT molecular complexity index is 457. The van der Waals surface area contributed by atoms with Gasteiger partial charge in [0.1, 0.15) is 5.54 Å². The summed E-state index contributed by atoms with van der Waals surface area (Å²) in [4.78, 5) is 28.0. The smallest absolute Gasteiger partial charge is 0.246 e. The third-order valence-electron chi connectivity index (χ3n) is 5.37. The zero-order valence-corrected chi connectivity index (χ0v) is 16.3. The van der Waals surface area contributed by atoms with Crippen molar-refractivity contribution >= 4 is 11.8 Å². The number of hydrogen-bond acceptors (Lipinski definition) is 2. The molecule has 0 bridgehead atoms. The summed E-state index contributed by atoms with van der Waals surface area (Å²) in [5, 5.41) is 3.18. The first-order valence-corrected chi connectivity index (χ1v) is 9.77. The van der Waals surface area contributed by atoms with Crippen LogP contribution in [0.25, 0.3) is 0 Å². The highest BCUT2D eigenvalue weighted by Gasteiger charge is 2.50. The average molecular weight is 337 g/mol. The summed E-state index contributed by atoms with van der Waals surface area (Å²) in [6.45, 7) is 11.2. The van der Waals surface area contributed by atoms with Crippen LogP contribution in [0.3, 0.4) is 0 Å². The van der Waals surface area contributed by atoms with Crippen molar-refractivity contribution in [3.63, 3.8) is 0 Å². The number of carbonyl (C=O) groups is 2. The number of amides is 2. The van der Waals surface area contributed by atoms with E-state index in [9.17, 15) is 9.59 Å². The number of nitrogens with one attached hydrogen (secondary N) is 1. The van der Waals surface area contributed by atoms with E-state index in [1.807, 2.05) is 25.7 Å². The van der Waals surface area contributed by atoms with Gasteiger partial charge in [0.2, 0.25) is 11.8 Å². The molecule has 1 N–H and O–H groups in total. The summed E-state index contributed by atoms with van der Waals surface area (Å²) < 4.78 is 0. The summed E-state index contributed by atoms with van der Waals surface area (Å²) in [5.41, 5.74) is -0.886. The van der Waals surface area contributed by atoms with Crippen LogP contribution in [-0.2, 0) is 9.59 Å². The Hall–Kier alpha value is -1.06. The van der Waals surface area contributed by atoms with Crippen molar-refractivity contribution in [2.24, 2.45) is 11.8 Å². The molecule has 4 nitrogen and oxygen atoms in total. The second-order valence-electron chi connectivity index (χ2n) is 9.35. The zero-order chi connectivity index (χ0) is 18.0. The van der Waals surface area contributed by atoms with E-state index in [0.29, 0.717) is 18.3 Å². The molecule has 24 heavy (non-hydrogen) atoms. The van der Waals surface area contributed by atoms with Crippen LogP contribution in [-0.4, -0.2) is 34.3 Å². The fourth-order valence-corrected chi connectivity index (χ4v) is 4.41. The van der Waals surface area contributed by atoms with Crippen LogP contribution in [0.2, 0.25) is 0 Å². The van der Waals surface area contributed by atoms with Gasteiger partial charge in [-0.1, -0.05) is 39.5 Å². The van der Waals surface area contributed by atoms with Crippen LogP contribution in [0.15, 0.2) is 0 Å². The van der Waals surface area contributed by atoms with E-state index < -0.39 is 5.54 Å². The minimum absolute atomic E-state index is 0.0652. The Kier molecular flexibility index (Phi) is 5.98. The van der Waals surface area contributed by atoms with Crippen LogP contribution >= 0.6 is 0 Å². The van der Waals surface area contributed by atoms with Gasteiger partial charge in [-0.2, -0.15) is 0 Å².